The number of likely N-dealkylation sites (tertiary alicyclic amines) is 1. The van der Waals surface area contributed by atoms with Gasteiger partial charge in [-0.15, -0.1) is 0 Å². The summed E-state index contributed by atoms with van der Waals surface area (Å²) < 4.78 is 0. The molecule has 1 aliphatic heterocycles. The van der Waals surface area contributed by atoms with Crippen LogP contribution in [0.5, 0.6) is 0 Å². The number of carboxylic acid groups (broad SMARTS) is 1. The molecule has 0 bridgehead atoms. The van der Waals surface area contributed by atoms with Crippen LogP contribution in [0.15, 0.2) is 0 Å². The SMILES string of the molecule is CC(C)CN(C(=O)N1CCCC1CC(=O)O)C(C)C. The number of hydrogen-bond donors (Lipinski definition) is 1. The van der Waals surface area contributed by atoms with Crippen LogP contribution in [-0.2, 0) is 4.79 Å². The molecular weight excluding hydrogens is 244 g/mol. The Balaban J connectivity index is 2.74. The van der Waals surface area contributed by atoms with Crippen molar-refractivity contribution in [3.63, 3.8) is 0 Å². The van der Waals surface area contributed by atoms with E-state index in [1.807, 2.05) is 18.7 Å². The summed E-state index contributed by atoms with van der Waals surface area (Å²) in [6, 6.07) is -0.00756. The summed E-state index contributed by atoms with van der Waals surface area (Å²) in [5.41, 5.74) is 0. The minimum Gasteiger partial charge on any atom is -0.481 e. The van der Waals surface area contributed by atoms with Crippen molar-refractivity contribution in [1.29, 1.82) is 0 Å². The number of urea groups is 1. The highest BCUT2D eigenvalue weighted by molar-refractivity contribution is 5.77. The van der Waals surface area contributed by atoms with Gasteiger partial charge in [0, 0.05) is 25.2 Å². The molecule has 1 atom stereocenters. The highest BCUT2D eigenvalue weighted by Gasteiger charge is 2.33. The van der Waals surface area contributed by atoms with Gasteiger partial charge in [-0.05, 0) is 32.6 Å². The molecule has 0 saturated carbocycles. The summed E-state index contributed by atoms with van der Waals surface area (Å²) in [7, 11) is 0. The fourth-order valence-electron chi connectivity index (χ4n) is 2.57. The molecule has 1 unspecified atom stereocenters. The summed E-state index contributed by atoms with van der Waals surface area (Å²) in [6.45, 7) is 9.57. The first-order valence-electron chi connectivity index (χ1n) is 7.12. The summed E-state index contributed by atoms with van der Waals surface area (Å²) in [5.74, 6) is -0.420. The van der Waals surface area contributed by atoms with Gasteiger partial charge in [-0.2, -0.15) is 0 Å². The third-order valence-electron chi connectivity index (χ3n) is 3.46. The molecular formula is C14H26N2O3. The molecule has 1 rings (SSSR count). The van der Waals surface area contributed by atoms with Crippen molar-refractivity contribution in [3.8, 4) is 0 Å². The van der Waals surface area contributed by atoms with Crippen molar-refractivity contribution in [2.24, 2.45) is 5.92 Å². The van der Waals surface area contributed by atoms with Crippen molar-refractivity contribution in [1.82, 2.24) is 9.80 Å². The van der Waals surface area contributed by atoms with E-state index in [1.54, 1.807) is 4.90 Å². The number of carbonyl (C=O) groups is 2. The molecule has 0 spiro atoms. The molecule has 0 aromatic rings. The average Bonchev–Trinajstić information content (AvgIpc) is 2.71. The maximum atomic E-state index is 12.6. The van der Waals surface area contributed by atoms with E-state index in [0.29, 0.717) is 19.0 Å². The maximum absolute atomic E-state index is 12.6. The summed E-state index contributed by atoms with van der Waals surface area (Å²) in [6.07, 6.45) is 1.75. The Morgan fingerprint density at radius 3 is 2.42 bits per heavy atom. The average molecular weight is 270 g/mol. The maximum Gasteiger partial charge on any atom is 0.320 e. The Kier molecular flexibility index (Phi) is 5.63. The lowest BCUT2D eigenvalue weighted by molar-refractivity contribution is -0.138. The van der Waals surface area contributed by atoms with Gasteiger partial charge in [0.1, 0.15) is 0 Å². The molecule has 5 heteroatoms. The first-order valence-corrected chi connectivity index (χ1v) is 7.12. The van der Waals surface area contributed by atoms with Gasteiger partial charge in [0.25, 0.3) is 0 Å². The predicted octanol–water partition coefficient (Wildman–Crippen LogP) is 2.41. The molecule has 110 valence electrons. The Morgan fingerprint density at radius 1 is 1.32 bits per heavy atom. The zero-order valence-corrected chi connectivity index (χ0v) is 12.4. The summed E-state index contributed by atoms with van der Waals surface area (Å²) in [4.78, 5) is 27.0. The van der Waals surface area contributed by atoms with Gasteiger partial charge in [0.15, 0.2) is 0 Å². The Bertz CT molecular complexity index is 329. The number of carboxylic acids is 1. The zero-order valence-electron chi connectivity index (χ0n) is 12.4. The van der Waals surface area contributed by atoms with E-state index in [2.05, 4.69) is 13.8 Å². The molecule has 0 aliphatic carbocycles. The van der Waals surface area contributed by atoms with Gasteiger partial charge in [-0.1, -0.05) is 13.8 Å². The van der Waals surface area contributed by atoms with Crippen molar-refractivity contribution in [2.45, 2.75) is 59.0 Å². The first-order chi connectivity index (χ1) is 8.82. The van der Waals surface area contributed by atoms with Crippen LogP contribution in [0.1, 0.15) is 47.0 Å². The number of nitrogens with zero attached hydrogens (tertiary/aromatic N) is 2. The smallest absolute Gasteiger partial charge is 0.320 e. The second kappa shape index (κ2) is 6.78. The fourth-order valence-corrected chi connectivity index (χ4v) is 2.57. The van der Waals surface area contributed by atoms with E-state index in [9.17, 15) is 9.59 Å². The van der Waals surface area contributed by atoms with Gasteiger partial charge in [0.2, 0.25) is 0 Å². The van der Waals surface area contributed by atoms with Gasteiger partial charge < -0.3 is 14.9 Å². The third-order valence-corrected chi connectivity index (χ3v) is 3.46. The number of aliphatic carboxylic acids is 1. The minimum absolute atomic E-state index is 0.00699. The molecule has 0 aromatic carbocycles. The number of carbonyl (C=O) groups excluding carboxylic acids is 1. The summed E-state index contributed by atoms with van der Waals surface area (Å²) >= 11 is 0. The molecule has 1 heterocycles. The standard InChI is InChI=1S/C14H26N2O3/c1-10(2)9-16(11(3)4)14(19)15-7-5-6-12(15)8-13(17)18/h10-12H,5-9H2,1-4H3,(H,17,18). The number of hydrogen-bond acceptors (Lipinski definition) is 2. The number of amides is 2. The Hall–Kier alpha value is -1.26. The van der Waals surface area contributed by atoms with Crippen molar-refractivity contribution in [2.75, 3.05) is 13.1 Å². The van der Waals surface area contributed by atoms with Crippen LogP contribution in [-0.4, -0.2) is 52.1 Å². The van der Waals surface area contributed by atoms with Crippen LogP contribution in [0.2, 0.25) is 0 Å². The fraction of sp³-hybridized carbons (Fsp3) is 0.857. The second-order valence-corrected chi connectivity index (χ2v) is 6.01. The molecule has 1 N–H and O–H groups in total. The van der Waals surface area contributed by atoms with Crippen LogP contribution in [0.25, 0.3) is 0 Å². The summed E-state index contributed by atoms with van der Waals surface area (Å²) in [5, 5.41) is 8.92. The van der Waals surface area contributed by atoms with Crippen LogP contribution in [0, 0.1) is 5.92 Å². The van der Waals surface area contributed by atoms with Gasteiger partial charge >= 0.3 is 12.0 Å². The van der Waals surface area contributed by atoms with E-state index < -0.39 is 5.97 Å². The lowest BCUT2D eigenvalue weighted by Crippen LogP contribution is -2.49. The third kappa shape index (κ3) is 4.40. The molecule has 0 radical (unpaired) electrons. The molecule has 19 heavy (non-hydrogen) atoms. The molecule has 1 fully saturated rings. The quantitative estimate of drug-likeness (QED) is 0.834. The van der Waals surface area contributed by atoms with Crippen molar-refractivity contribution < 1.29 is 14.7 Å². The molecule has 2 amide bonds. The monoisotopic (exact) mass is 270 g/mol. The minimum atomic E-state index is -0.829. The largest absolute Gasteiger partial charge is 0.481 e. The first kappa shape index (κ1) is 15.8. The zero-order chi connectivity index (χ0) is 14.6. The highest BCUT2D eigenvalue weighted by atomic mass is 16.4. The van der Waals surface area contributed by atoms with Crippen LogP contribution in [0.3, 0.4) is 0 Å². The number of rotatable bonds is 5. The predicted molar refractivity (Wildman–Crippen MR) is 74.1 cm³/mol. The van der Waals surface area contributed by atoms with E-state index in [4.69, 9.17) is 5.11 Å². The Morgan fingerprint density at radius 2 is 1.95 bits per heavy atom. The lowest BCUT2D eigenvalue weighted by atomic mass is 10.1. The normalized spacial score (nSPS) is 19.3. The topological polar surface area (TPSA) is 60.9 Å². The molecule has 0 aromatic heterocycles. The Labute approximate surface area is 115 Å². The van der Waals surface area contributed by atoms with Gasteiger partial charge in [-0.3, -0.25) is 4.79 Å². The van der Waals surface area contributed by atoms with Crippen LogP contribution in [0.4, 0.5) is 4.79 Å². The highest BCUT2D eigenvalue weighted by Crippen LogP contribution is 2.23. The van der Waals surface area contributed by atoms with E-state index in [-0.39, 0.29) is 24.5 Å². The van der Waals surface area contributed by atoms with Crippen LogP contribution < -0.4 is 0 Å². The second-order valence-electron chi connectivity index (χ2n) is 6.01. The molecule has 1 saturated heterocycles. The van der Waals surface area contributed by atoms with Crippen molar-refractivity contribution in [3.05, 3.63) is 0 Å². The van der Waals surface area contributed by atoms with Gasteiger partial charge in [-0.25, -0.2) is 4.79 Å². The van der Waals surface area contributed by atoms with Gasteiger partial charge in [0.05, 0.1) is 6.42 Å². The lowest BCUT2D eigenvalue weighted by Gasteiger charge is -2.35. The van der Waals surface area contributed by atoms with Crippen LogP contribution >= 0.6 is 0 Å². The van der Waals surface area contributed by atoms with E-state index in [0.717, 1.165) is 12.8 Å². The molecule has 1 aliphatic rings. The van der Waals surface area contributed by atoms with Crippen molar-refractivity contribution >= 4 is 12.0 Å². The van der Waals surface area contributed by atoms with E-state index >= 15 is 0 Å². The molecule has 5 nitrogen and oxygen atoms in total. The van der Waals surface area contributed by atoms with E-state index in [1.165, 1.54) is 0 Å².